The first-order valence-corrected chi connectivity index (χ1v) is 9.02. The maximum Gasteiger partial charge on any atom is 0.240 e. The smallest absolute Gasteiger partial charge is 0.240 e. The van der Waals surface area contributed by atoms with Gasteiger partial charge in [0.2, 0.25) is 10.0 Å². The highest BCUT2D eigenvalue weighted by atomic mass is 32.2. The third-order valence-corrected chi connectivity index (χ3v) is 5.39. The molecule has 2 aromatic rings. The molecule has 0 radical (unpaired) electrons. The number of piperidine rings is 1. The Morgan fingerprint density at radius 1 is 1.00 bits per heavy atom. The van der Waals surface area contributed by atoms with Crippen LogP contribution in [0.25, 0.3) is 11.1 Å². The number of nitrogens with one attached hydrogen (secondary N) is 2. The van der Waals surface area contributed by atoms with Gasteiger partial charge in [-0.25, -0.2) is 13.1 Å². The Morgan fingerprint density at radius 3 is 2.50 bits per heavy atom. The van der Waals surface area contributed by atoms with Gasteiger partial charge < -0.3 is 5.32 Å². The molecule has 0 aromatic heterocycles. The van der Waals surface area contributed by atoms with E-state index in [2.05, 4.69) is 10.0 Å². The van der Waals surface area contributed by atoms with Crippen LogP contribution in [0, 0.1) is 0 Å². The molecule has 0 saturated carbocycles. The van der Waals surface area contributed by atoms with Crippen LogP contribution < -0.4 is 10.0 Å². The lowest BCUT2D eigenvalue weighted by molar-refractivity contribution is 0.428. The van der Waals surface area contributed by atoms with Crippen LogP contribution in [0.2, 0.25) is 0 Å². The second kappa shape index (κ2) is 6.60. The van der Waals surface area contributed by atoms with Gasteiger partial charge in [-0.15, -0.1) is 0 Å². The quantitative estimate of drug-likeness (QED) is 0.910. The van der Waals surface area contributed by atoms with Crippen LogP contribution in [0.1, 0.15) is 12.8 Å². The first-order chi connectivity index (χ1) is 10.6. The predicted molar refractivity (Wildman–Crippen MR) is 88.1 cm³/mol. The molecular formula is C17H20N2O2S. The molecule has 0 spiro atoms. The van der Waals surface area contributed by atoms with E-state index in [9.17, 15) is 8.42 Å². The zero-order chi connectivity index (χ0) is 15.4. The molecule has 1 fully saturated rings. The summed E-state index contributed by atoms with van der Waals surface area (Å²) in [5.74, 6) is 0. The summed E-state index contributed by atoms with van der Waals surface area (Å²) in [6.45, 7) is 1.65. The zero-order valence-electron chi connectivity index (χ0n) is 12.3. The van der Waals surface area contributed by atoms with E-state index < -0.39 is 10.0 Å². The van der Waals surface area contributed by atoms with Crippen molar-refractivity contribution in [2.24, 2.45) is 0 Å². The van der Waals surface area contributed by atoms with Crippen LogP contribution >= 0.6 is 0 Å². The van der Waals surface area contributed by atoms with E-state index in [0.717, 1.165) is 30.5 Å². The van der Waals surface area contributed by atoms with Gasteiger partial charge in [0, 0.05) is 12.6 Å². The molecule has 22 heavy (non-hydrogen) atoms. The van der Waals surface area contributed by atoms with Gasteiger partial charge in [0.05, 0.1) is 4.90 Å². The van der Waals surface area contributed by atoms with Crippen molar-refractivity contribution < 1.29 is 8.42 Å². The monoisotopic (exact) mass is 316 g/mol. The highest BCUT2D eigenvalue weighted by Crippen LogP contribution is 2.22. The Labute approximate surface area is 131 Å². The predicted octanol–water partition coefficient (Wildman–Crippen LogP) is 2.38. The number of rotatable bonds is 4. The van der Waals surface area contributed by atoms with Crippen molar-refractivity contribution in [2.75, 3.05) is 13.1 Å². The lowest BCUT2D eigenvalue weighted by Gasteiger charge is -2.23. The Bertz CT molecular complexity index is 723. The lowest BCUT2D eigenvalue weighted by atomic mass is 10.1. The van der Waals surface area contributed by atoms with Crippen molar-refractivity contribution in [1.29, 1.82) is 0 Å². The average Bonchev–Trinajstić information content (AvgIpc) is 2.56. The van der Waals surface area contributed by atoms with Crippen LogP contribution in [0.5, 0.6) is 0 Å². The van der Waals surface area contributed by atoms with E-state index in [1.807, 2.05) is 36.4 Å². The molecule has 1 saturated heterocycles. The third-order valence-electron chi connectivity index (χ3n) is 3.87. The molecule has 0 unspecified atom stereocenters. The Morgan fingerprint density at radius 2 is 1.77 bits per heavy atom. The normalized spacial score (nSPS) is 19.0. The fourth-order valence-corrected chi connectivity index (χ4v) is 4.03. The summed E-state index contributed by atoms with van der Waals surface area (Å²) < 4.78 is 27.9. The third kappa shape index (κ3) is 3.55. The Balaban J connectivity index is 1.84. The van der Waals surface area contributed by atoms with E-state index in [4.69, 9.17) is 0 Å². The second-order valence-electron chi connectivity index (χ2n) is 5.56. The molecule has 4 nitrogen and oxygen atoms in total. The van der Waals surface area contributed by atoms with Crippen LogP contribution in [0.4, 0.5) is 0 Å². The number of hydrogen-bond donors (Lipinski definition) is 2. The van der Waals surface area contributed by atoms with Crippen LogP contribution in [-0.4, -0.2) is 27.5 Å². The van der Waals surface area contributed by atoms with E-state index in [1.54, 1.807) is 18.2 Å². The average molecular weight is 316 g/mol. The summed E-state index contributed by atoms with van der Waals surface area (Å²) in [4.78, 5) is 0.319. The highest BCUT2D eigenvalue weighted by Gasteiger charge is 2.21. The van der Waals surface area contributed by atoms with Gasteiger partial charge in [-0.05, 0) is 42.6 Å². The van der Waals surface area contributed by atoms with Crippen LogP contribution in [0.15, 0.2) is 59.5 Å². The lowest BCUT2D eigenvalue weighted by Crippen LogP contribution is -2.45. The fraction of sp³-hybridized carbons (Fsp3) is 0.294. The molecule has 116 valence electrons. The summed E-state index contributed by atoms with van der Waals surface area (Å²) in [5.41, 5.74) is 1.92. The highest BCUT2D eigenvalue weighted by molar-refractivity contribution is 7.89. The van der Waals surface area contributed by atoms with E-state index >= 15 is 0 Å². The molecule has 2 N–H and O–H groups in total. The Kier molecular flexibility index (Phi) is 4.57. The molecule has 0 bridgehead atoms. The SMILES string of the molecule is O=S(=O)(N[C@@H]1CCCNC1)c1cccc(-c2ccccc2)c1. The minimum absolute atomic E-state index is 0.0286. The molecule has 1 aliphatic heterocycles. The molecule has 3 rings (SSSR count). The van der Waals surface area contributed by atoms with Crippen molar-refractivity contribution >= 4 is 10.0 Å². The summed E-state index contributed by atoms with van der Waals surface area (Å²) in [5, 5.41) is 3.22. The molecule has 1 atom stereocenters. The maximum atomic E-state index is 12.5. The van der Waals surface area contributed by atoms with Gasteiger partial charge in [-0.1, -0.05) is 42.5 Å². The topological polar surface area (TPSA) is 58.2 Å². The van der Waals surface area contributed by atoms with Gasteiger partial charge >= 0.3 is 0 Å². The van der Waals surface area contributed by atoms with Crippen LogP contribution in [0.3, 0.4) is 0 Å². The molecule has 1 heterocycles. The molecular weight excluding hydrogens is 296 g/mol. The van der Waals surface area contributed by atoms with Crippen molar-refractivity contribution in [1.82, 2.24) is 10.0 Å². The molecule has 5 heteroatoms. The summed E-state index contributed by atoms with van der Waals surface area (Å²) in [6.07, 6.45) is 1.88. The largest absolute Gasteiger partial charge is 0.315 e. The van der Waals surface area contributed by atoms with Gasteiger partial charge in [-0.2, -0.15) is 0 Å². The second-order valence-corrected chi connectivity index (χ2v) is 7.27. The minimum Gasteiger partial charge on any atom is -0.315 e. The van der Waals surface area contributed by atoms with E-state index in [1.165, 1.54) is 0 Å². The standard InChI is InChI=1S/C17H20N2O2S/c20-22(21,19-16-9-5-11-18-13-16)17-10-4-8-15(12-17)14-6-2-1-3-7-14/h1-4,6-8,10,12,16,18-19H,5,9,11,13H2/t16-/m1/s1. The van der Waals surface area contributed by atoms with Crippen LogP contribution in [-0.2, 0) is 10.0 Å². The Hall–Kier alpha value is -1.69. The summed E-state index contributed by atoms with van der Waals surface area (Å²) in [7, 11) is -3.48. The first-order valence-electron chi connectivity index (χ1n) is 7.54. The first kappa shape index (κ1) is 15.2. The zero-order valence-corrected chi connectivity index (χ0v) is 13.1. The maximum absolute atomic E-state index is 12.5. The minimum atomic E-state index is -3.48. The molecule has 1 aliphatic rings. The summed E-state index contributed by atoms with van der Waals surface area (Å²) in [6, 6.07) is 16.9. The van der Waals surface area contributed by atoms with Crippen molar-refractivity contribution in [3.8, 4) is 11.1 Å². The number of benzene rings is 2. The summed E-state index contributed by atoms with van der Waals surface area (Å²) >= 11 is 0. The van der Waals surface area contributed by atoms with Gasteiger partial charge in [-0.3, -0.25) is 0 Å². The van der Waals surface area contributed by atoms with Gasteiger partial charge in [0.1, 0.15) is 0 Å². The molecule has 0 amide bonds. The van der Waals surface area contributed by atoms with Gasteiger partial charge in [0.15, 0.2) is 0 Å². The molecule has 2 aromatic carbocycles. The number of sulfonamides is 1. The van der Waals surface area contributed by atoms with E-state index in [-0.39, 0.29) is 6.04 Å². The van der Waals surface area contributed by atoms with Gasteiger partial charge in [0.25, 0.3) is 0 Å². The van der Waals surface area contributed by atoms with Crippen molar-refractivity contribution in [3.05, 3.63) is 54.6 Å². The van der Waals surface area contributed by atoms with Crippen molar-refractivity contribution in [2.45, 2.75) is 23.8 Å². The van der Waals surface area contributed by atoms with Crippen molar-refractivity contribution in [3.63, 3.8) is 0 Å². The number of hydrogen-bond acceptors (Lipinski definition) is 3. The van der Waals surface area contributed by atoms with E-state index in [0.29, 0.717) is 11.4 Å². The molecule has 0 aliphatic carbocycles. The fourth-order valence-electron chi connectivity index (χ4n) is 2.71.